The number of imidazole rings is 1. The molecule has 0 unspecified atom stereocenters. The Kier molecular flexibility index (Phi) is 9.34. The maximum atomic E-state index is 13.2. The Balaban J connectivity index is 1.53. The summed E-state index contributed by atoms with van der Waals surface area (Å²) in [5.41, 5.74) is 2.00. The highest BCUT2D eigenvalue weighted by Gasteiger charge is 2.31. The van der Waals surface area contributed by atoms with E-state index in [-0.39, 0.29) is 11.4 Å². The van der Waals surface area contributed by atoms with Gasteiger partial charge >= 0.3 is 6.03 Å². The summed E-state index contributed by atoms with van der Waals surface area (Å²) in [5, 5.41) is 14.6. The van der Waals surface area contributed by atoms with Gasteiger partial charge in [-0.3, -0.25) is 0 Å². The zero-order valence-electron chi connectivity index (χ0n) is 22.8. The lowest BCUT2D eigenvalue weighted by atomic mass is 9.96. The summed E-state index contributed by atoms with van der Waals surface area (Å²) in [7, 11) is -4.13. The van der Waals surface area contributed by atoms with Crippen LogP contribution in [0.4, 0.5) is 4.79 Å². The van der Waals surface area contributed by atoms with Crippen molar-refractivity contribution in [2.75, 3.05) is 6.26 Å². The Morgan fingerprint density at radius 3 is 2.25 bits per heavy atom. The SMILES string of the molecule is CCC(O)(CC)c1nc(SC)cn1Cc1ccc(-c2ccccc2S(=O)(=O)NC(=O)NCc2ccccc2)cc1. The largest absolute Gasteiger partial charge is 0.382 e. The van der Waals surface area contributed by atoms with Crippen molar-refractivity contribution in [3.05, 3.63) is 102 Å². The zero-order chi connectivity index (χ0) is 28.8. The molecule has 40 heavy (non-hydrogen) atoms. The predicted molar refractivity (Wildman–Crippen MR) is 158 cm³/mol. The first kappa shape index (κ1) is 29.4. The summed E-state index contributed by atoms with van der Waals surface area (Å²) in [5.74, 6) is 0.638. The van der Waals surface area contributed by atoms with E-state index in [9.17, 15) is 18.3 Å². The third-order valence-electron chi connectivity index (χ3n) is 6.87. The smallest absolute Gasteiger partial charge is 0.328 e. The van der Waals surface area contributed by atoms with E-state index < -0.39 is 21.7 Å². The zero-order valence-corrected chi connectivity index (χ0v) is 24.4. The van der Waals surface area contributed by atoms with Crippen molar-refractivity contribution < 1.29 is 18.3 Å². The minimum absolute atomic E-state index is 0.00933. The van der Waals surface area contributed by atoms with Crippen LogP contribution in [-0.4, -0.2) is 35.4 Å². The van der Waals surface area contributed by atoms with Gasteiger partial charge < -0.3 is 15.0 Å². The Hall–Kier alpha value is -3.60. The molecular weight excluding hydrogens is 544 g/mol. The number of aliphatic hydroxyl groups is 1. The van der Waals surface area contributed by atoms with Gasteiger partial charge in [-0.15, -0.1) is 11.8 Å². The minimum atomic E-state index is -4.13. The molecule has 4 aromatic rings. The van der Waals surface area contributed by atoms with Gasteiger partial charge in [0.25, 0.3) is 10.0 Å². The van der Waals surface area contributed by atoms with Crippen LogP contribution in [0.2, 0.25) is 0 Å². The van der Waals surface area contributed by atoms with Gasteiger partial charge in [0.05, 0.1) is 4.90 Å². The molecule has 0 bridgehead atoms. The van der Waals surface area contributed by atoms with Gasteiger partial charge in [0, 0.05) is 24.8 Å². The molecule has 0 radical (unpaired) electrons. The second kappa shape index (κ2) is 12.7. The second-order valence-electron chi connectivity index (χ2n) is 9.44. The maximum absolute atomic E-state index is 13.2. The molecule has 0 fully saturated rings. The maximum Gasteiger partial charge on any atom is 0.328 e. The van der Waals surface area contributed by atoms with Crippen LogP contribution in [0.1, 0.15) is 43.6 Å². The molecule has 8 nitrogen and oxygen atoms in total. The third-order valence-corrected chi connectivity index (χ3v) is 8.87. The Morgan fingerprint density at radius 1 is 0.950 bits per heavy atom. The van der Waals surface area contributed by atoms with Crippen molar-refractivity contribution in [2.45, 2.75) is 55.3 Å². The number of carbonyl (C=O) groups excluding carboxylic acids is 1. The van der Waals surface area contributed by atoms with Gasteiger partial charge in [0.2, 0.25) is 0 Å². The Bertz CT molecular complexity index is 1550. The lowest BCUT2D eigenvalue weighted by molar-refractivity contribution is 0.0160. The van der Waals surface area contributed by atoms with Crippen LogP contribution in [0.3, 0.4) is 0 Å². The van der Waals surface area contributed by atoms with Crippen LogP contribution in [0.25, 0.3) is 11.1 Å². The average Bonchev–Trinajstić information content (AvgIpc) is 3.40. The monoisotopic (exact) mass is 578 g/mol. The molecule has 1 aromatic heterocycles. The molecule has 0 spiro atoms. The van der Waals surface area contributed by atoms with Gasteiger partial charge in [-0.05, 0) is 41.9 Å². The van der Waals surface area contributed by atoms with Crippen LogP contribution in [0.15, 0.2) is 95.0 Å². The van der Waals surface area contributed by atoms with E-state index in [1.807, 2.05) is 85.5 Å². The van der Waals surface area contributed by atoms with Crippen LogP contribution in [-0.2, 0) is 28.7 Å². The number of hydrogen-bond acceptors (Lipinski definition) is 6. The van der Waals surface area contributed by atoms with Crippen molar-refractivity contribution in [3.8, 4) is 11.1 Å². The molecule has 0 saturated heterocycles. The van der Waals surface area contributed by atoms with Gasteiger partial charge in [-0.1, -0.05) is 86.6 Å². The molecule has 2 amide bonds. The number of carbonyl (C=O) groups is 1. The lowest BCUT2D eigenvalue weighted by Crippen LogP contribution is -2.39. The Labute approximate surface area is 239 Å². The van der Waals surface area contributed by atoms with Crippen molar-refractivity contribution in [3.63, 3.8) is 0 Å². The molecular formula is C30H34N4O4S2. The first-order valence-corrected chi connectivity index (χ1v) is 15.8. The molecule has 3 N–H and O–H groups in total. The van der Waals surface area contributed by atoms with Crippen molar-refractivity contribution in [1.29, 1.82) is 0 Å². The van der Waals surface area contributed by atoms with E-state index in [4.69, 9.17) is 0 Å². The highest BCUT2D eigenvalue weighted by atomic mass is 32.2. The van der Waals surface area contributed by atoms with Crippen LogP contribution in [0, 0.1) is 0 Å². The number of benzene rings is 3. The quantitative estimate of drug-likeness (QED) is 0.202. The van der Waals surface area contributed by atoms with Gasteiger partial charge in [0.15, 0.2) is 0 Å². The topological polar surface area (TPSA) is 113 Å². The van der Waals surface area contributed by atoms with E-state index in [1.165, 1.54) is 17.8 Å². The minimum Gasteiger partial charge on any atom is -0.382 e. The van der Waals surface area contributed by atoms with Gasteiger partial charge in [-0.25, -0.2) is 22.9 Å². The summed E-state index contributed by atoms with van der Waals surface area (Å²) < 4.78 is 30.4. The number of thioether (sulfide) groups is 1. The summed E-state index contributed by atoms with van der Waals surface area (Å²) in [6.45, 7) is 4.61. The van der Waals surface area contributed by atoms with Crippen molar-refractivity contribution in [2.24, 2.45) is 0 Å². The van der Waals surface area contributed by atoms with Crippen LogP contribution >= 0.6 is 11.8 Å². The lowest BCUT2D eigenvalue weighted by Gasteiger charge is -2.25. The molecule has 210 valence electrons. The normalized spacial score (nSPS) is 11.8. The molecule has 0 saturated carbocycles. The molecule has 1 heterocycles. The highest BCUT2D eigenvalue weighted by Crippen LogP contribution is 2.31. The fraction of sp³-hybridized carbons (Fsp3) is 0.267. The molecule has 0 aliphatic rings. The van der Waals surface area contributed by atoms with Gasteiger partial charge in [-0.2, -0.15) is 0 Å². The fourth-order valence-corrected chi connectivity index (χ4v) is 6.04. The number of nitrogens with zero attached hydrogens (tertiary/aromatic N) is 2. The number of hydrogen-bond donors (Lipinski definition) is 3. The average molecular weight is 579 g/mol. The molecule has 4 rings (SSSR count). The van der Waals surface area contributed by atoms with Crippen molar-refractivity contribution >= 4 is 27.8 Å². The summed E-state index contributed by atoms with van der Waals surface area (Å²) >= 11 is 1.53. The molecule has 0 atom stereocenters. The van der Waals surface area contributed by atoms with Gasteiger partial charge in [0.1, 0.15) is 16.5 Å². The summed E-state index contributed by atoms with van der Waals surface area (Å²) in [4.78, 5) is 17.1. The predicted octanol–water partition coefficient (Wildman–Crippen LogP) is 5.52. The van der Waals surface area contributed by atoms with E-state index in [0.29, 0.717) is 36.3 Å². The number of sulfonamides is 1. The number of amides is 2. The van der Waals surface area contributed by atoms with E-state index in [0.717, 1.165) is 16.2 Å². The van der Waals surface area contributed by atoms with Crippen LogP contribution in [0.5, 0.6) is 0 Å². The van der Waals surface area contributed by atoms with E-state index in [2.05, 4.69) is 15.0 Å². The molecule has 10 heteroatoms. The fourth-order valence-electron chi connectivity index (χ4n) is 4.47. The molecule has 0 aliphatic carbocycles. The number of aromatic nitrogens is 2. The first-order valence-electron chi connectivity index (χ1n) is 13.1. The van der Waals surface area contributed by atoms with Crippen LogP contribution < -0.4 is 10.0 Å². The number of rotatable bonds is 11. The number of urea groups is 1. The number of nitrogens with one attached hydrogen (secondary N) is 2. The molecule has 0 aliphatic heterocycles. The van der Waals surface area contributed by atoms with E-state index in [1.54, 1.807) is 18.2 Å². The summed E-state index contributed by atoms with van der Waals surface area (Å²) in [6, 6.07) is 22.6. The third kappa shape index (κ3) is 6.75. The second-order valence-corrected chi connectivity index (χ2v) is 11.9. The molecule has 3 aromatic carbocycles. The highest BCUT2D eigenvalue weighted by molar-refractivity contribution is 7.98. The van der Waals surface area contributed by atoms with Crippen molar-refractivity contribution in [1.82, 2.24) is 19.6 Å². The first-order chi connectivity index (χ1) is 19.2. The summed E-state index contributed by atoms with van der Waals surface area (Å²) in [6.07, 6.45) is 5.00. The van der Waals surface area contributed by atoms with E-state index >= 15 is 0 Å². The standard InChI is InChI=1S/C30H34N4O4S2/c1-4-30(36,5-2)28-32-27(39-3)21-34(28)20-23-15-17-24(18-16-23)25-13-9-10-14-26(25)40(37,38)33-29(35)31-19-22-11-7-6-8-12-22/h6-18,21,36H,4-5,19-20H2,1-3H3,(H2,31,33,35). The Morgan fingerprint density at radius 2 is 1.60 bits per heavy atom.